The van der Waals surface area contributed by atoms with E-state index in [1.807, 2.05) is 6.92 Å². The van der Waals surface area contributed by atoms with E-state index in [1.165, 1.54) is 0 Å². The summed E-state index contributed by atoms with van der Waals surface area (Å²) >= 11 is 0. The van der Waals surface area contributed by atoms with Crippen molar-refractivity contribution in [2.45, 2.75) is 57.2 Å². The average molecular weight is 313 g/mol. The fourth-order valence-electron chi connectivity index (χ4n) is 2.32. The summed E-state index contributed by atoms with van der Waals surface area (Å²) in [6.07, 6.45) is 2.48. The minimum atomic E-state index is -1.31. The summed E-state index contributed by atoms with van der Waals surface area (Å²) in [7, 11) is 1.71. The Labute approximate surface area is 131 Å². The molecule has 0 heterocycles. The highest BCUT2D eigenvalue weighted by molar-refractivity contribution is 5.82. The predicted octanol–water partition coefficient (Wildman–Crippen LogP) is -0.665. The molecule has 3 atom stereocenters. The van der Waals surface area contributed by atoms with E-state index in [9.17, 15) is 19.5 Å². The third-order valence-corrected chi connectivity index (χ3v) is 3.87. The molecule has 126 valence electrons. The van der Waals surface area contributed by atoms with E-state index in [1.54, 1.807) is 7.05 Å². The molecule has 3 unspecified atom stereocenters. The number of amides is 2. The van der Waals surface area contributed by atoms with Gasteiger partial charge in [-0.25, -0.2) is 0 Å². The fourth-order valence-corrected chi connectivity index (χ4v) is 2.32. The van der Waals surface area contributed by atoms with Crippen LogP contribution in [0.5, 0.6) is 0 Å². The number of nitrogens with one attached hydrogen (secondary N) is 3. The van der Waals surface area contributed by atoms with E-state index < -0.39 is 12.1 Å². The number of aldehydes is 1. The van der Waals surface area contributed by atoms with Gasteiger partial charge in [0.25, 0.3) is 0 Å². The lowest BCUT2D eigenvalue weighted by Gasteiger charge is -2.24. The molecule has 1 aliphatic rings. The lowest BCUT2D eigenvalue weighted by atomic mass is 10.0. The number of carbonyl (C=O) groups excluding carboxylic acids is 3. The molecule has 2 amide bonds. The second kappa shape index (κ2) is 9.53. The summed E-state index contributed by atoms with van der Waals surface area (Å²) in [6, 6.07) is -1.08. The average Bonchev–Trinajstić information content (AvgIpc) is 3.32. The van der Waals surface area contributed by atoms with Crippen LogP contribution < -0.4 is 16.0 Å². The molecule has 7 heteroatoms. The summed E-state index contributed by atoms with van der Waals surface area (Å²) in [5.41, 5.74) is 0. The van der Waals surface area contributed by atoms with Crippen molar-refractivity contribution in [3.8, 4) is 0 Å². The van der Waals surface area contributed by atoms with E-state index in [0.29, 0.717) is 18.7 Å². The van der Waals surface area contributed by atoms with Crippen molar-refractivity contribution in [3.05, 3.63) is 0 Å². The van der Waals surface area contributed by atoms with Crippen LogP contribution in [0, 0.1) is 5.92 Å². The highest BCUT2D eigenvalue weighted by atomic mass is 16.3. The number of hydrogen-bond acceptors (Lipinski definition) is 5. The van der Waals surface area contributed by atoms with Gasteiger partial charge in [-0.2, -0.15) is 0 Å². The third-order valence-electron chi connectivity index (χ3n) is 3.87. The van der Waals surface area contributed by atoms with Crippen molar-refractivity contribution in [1.82, 2.24) is 16.0 Å². The zero-order valence-electron chi connectivity index (χ0n) is 13.3. The van der Waals surface area contributed by atoms with Crippen LogP contribution in [0.3, 0.4) is 0 Å². The second-order valence-electron chi connectivity index (χ2n) is 5.75. The molecular formula is C15H27N3O4. The molecule has 22 heavy (non-hydrogen) atoms. The van der Waals surface area contributed by atoms with E-state index in [4.69, 9.17) is 0 Å². The molecule has 1 saturated carbocycles. The van der Waals surface area contributed by atoms with Gasteiger partial charge >= 0.3 is 0 Å². The number of aliphatic hydroxyl groups excluding tert-OH is 1. The maximum atomic E-state index is 12.2. The van der Waals surface area contributed by atoms with Crippen molar-refractivity contribution in [2.24, 2.45) is 5.92 Å². The first-order valence-electron chi connectivity index (χ1n) is 7.89. The van der Waals surface area contributed by atoms with Crippen molar-refractivity contribution in [1.29, 1.82) is 0 Å². The van der Waals surface area contributed by atoms with E-state index in [-0.39, 0.29) is 30.7 Å². The fraction of sp³-hybridized carbons (Fsp3) is 0.800. The van der Waals surface area contributed by atoms with Gasteiger partial charge in [-0.15, -0.1) is 0 Å². The number of carbonyl (C=O) groups is 3. The first kappa shape index (κ1) is 18.6. The molecule has 0 saturated heterocycles. The highest BCUT2D eigenvalue weighted by Crippen LogP contribution is 2.33. The maximum Gasteiger partial charge on any atom is 0.237 e. The van der Waals surface area contributed by atoms with Gasteiger partial charge in [-0.1, -0.05) is 12.8 Å². The third kappa shape index (κ3) is 6.53. The molecule has 1 fully saturated rings. The first-order chi connectivity index (χ1) is 10.5. The summed E-state index contributed by atoms with van der Waals surface area (Å²) in [4.78, 5) is 34.5. The Morgan fingerprint density at radius 3 is 2.55 bits per heavy atom. The summed E-state index contributed by atoms with van der Waals surface area (Å²) in [6.45, 7) is 2.34. The molecular weight excluding hydrogens is 286 g/mol. The quantitative estimate of drug-likeness (QED) is 0.379. The molecule has 0 radical (unpaired) electrons. The van der Waals surface area contributed by atoms with E-state index in [2.05, 4.69) is 16.0 Å². The number of likely N-dealkylation sites (N-methyl/N-ethyl adjacent to an activating group) is 1. The topological polar surface area (TPSA) is 108 Å². The number of aliphatic hydroxyl groups is 1. The normalized spacial score (nSPS) is 18.1. The first-order valence-corrected chi connectivity index (χ1v) is 7.89. The van der Waals surface area contributed by atoms with Crippen LogP contribution in [0.2, 0.25) is 0 Å². The van der Waals surface area contributed by atoms with Gasteiger partial charge < -0.3 is 25.9 Å². The Kier molecular flexibility index (Phi) is 8.05. The Morgan fingerprint density at radius 1 is 1.36 bits per heavy atom. The highest BCUT2D eigenvalue weighted by Gasteiger charge is 2.30. The molecule has 0 bridgehead atoms. The predicted molar refractivity (Wildman–Crippen MR) is 82.1 cm³/mol. The van der Waals surface area contributed by atoms with Crippen LogP contribution in [0.4, 0.5) is 0 Å². The Hall–Kier alpha value is -1.47. The van der Waals surface area contributed by atoms with Gasteiger partial charge in [0.15, 0.2) is 6.29 Å². The Balaban J connectivity index is 2.52. The zero-order chi connectivity index (χ0) is 16.5. The van der Waals surface area contributed by atoms with Crippen molar-refractivity contribution in [2.75, 3.05) is 13.6 Å². The number of hydrogen-bond donors (Lipinski definition) is 4. The summed E-state index contributed by atoms with van der Waals surface area (Å²) < 4.78 is 0. The van der Waals surface area contributed by atoms with Gasteiger partial charge in [0.2, 0.25) is 11.8 Å². The Bertz CT molecular complexity index is 385. The van der Waals surface area contributed by atoms with Crippen molar-refractivity contribution >= 4 is 18.1 Å². The van der Waals surface area contributed by atoms with Crippen molar-refractivity contribution < 1.29 is 19.5 Å². The SMILES string of the molecule is CCNC(=O)CCC(NC(=O)C(CC1CC1)NC)C(O)C=O. The largest absolute Gasteiger partial charge is 0.383 e. The minimum absolute atomic E-state index is 0.149. The molecule has 0 aromatic carbocycles. The van der Waals surface area contributed by atoms with E-state index in [0.717, 1.165) is 19.3 Å². The van der Waals surface area contributed by atoms with Crippen molar-refractivity contribution in [3.63, 3.8) is 0 Å². The molecule has 0 aliphatic heterocycles. The van der Waals surface area contributed by atoms with Gasteiger partial charge in [-0.3, -0.25) is 9.59 Å². The second-order valence-corrected chi connectivity index (χ2v) is 5.75. The van der Waals surface area contributed by atoms with E-state index >= 15 is 0 Å². The smallest absolute Gasteiger partial charge is 0.237 e. The van der Waals surface area contributed by atoms with Gasteiger partial charge in [0.05, 0.1) is 12.1 Å². The van der Waals surface area contributed by atoms with Crippen LogP contribution in [-0.2, 0) is 14.4 Å². The zero-order valence-corrected chi connectivity index (χ0v) is 13.3. The molecule has 0 aromatic rings. The molecule has 0 spiro atoms. The van der Waals surface area contributed by atoms with Gasteiger partial charge in [0, 0.05) is 13.0 Å². The monoisotopic (exact) mass is 313 g/mol. The standard InChI is InChI=1S/C15H27N3O4/c1-3-17-14(21)7-6-11(13(20)9-19)18-15(22)12(16-2)8-10-4-5-10/h9-13,16,20H,3-8H2,1-2H3,(H,17,21)(H,18,22). The van der Waals surface area contributed by atoms with Crippen LogP contribution >= 0.6 is 0 Å². The molecule has 4 N–H and O–H groups in total. The van der Waals surface area contributed by atoms with Gasteiger partial charge in [-0.05, 0) is 32.7 Å². The van der Waals surface area contributed by atoms with Crippen LogP contribution in [0.25, 0.3) is 0 Å². The number of rotatable bonds is 11. The lowest BCUT2D eigenvalue weighted by Crippen LogP contribution is -2.51. The molecule has 1 rings (SSSR count). The minimum Gasteiger partial charge on any atom is -0.383 e. The van der Waals surface area contributed by atoms with Gasteiger partial charge in [0.1, 0.15) is 6.10 Å². The molecule has 7 nitrogen and oxygen atoms in total. The van der Waals surface area contributed by atoms with Crippen LogP contribution in [0.15, 0.2) is 0 Å². The molecule has 0 aromatic heterocycles. The lowest BCUT2D eigenvalue weighted by molar-refractivity contribution is -0.127. The van der Waals surface area contributed by atoms with Crippen LogP contribution in [0.1, 0.15) is 39.0 Å². The summed E-state index contributed by atoms with van der Waals surface area (Å²) in [5, 5.41) is 18.0. The Morgan fingerprint density at radius 2 is 2.05 bits per heavy atom. The maximum absolute atomic E-state index is 12.2. The summed E-state index contributed by atoms with van der Waals surface area (Å²) in [5.74, 6) is 0.173. The van der Waals surface area contributed by atoms with Crippen LogP contribution in [-0.4, -0.2) is 55.0 Å². The molecule has 1 aliphatic carbocycles.